The maximum Gasteiger partial charge on any atom is 0.242 e. The molecule has 4 bridgehead atoms. The van der Waals surface area contributed by atoms with Crippen LogP contribution in [0.15, 0.2) is 30.3 Å². The first-order chi connectivity index (χ1) is 12.0. The Morgan fingerprint density at radius 1 is 1.04 bits per heavy atom. The average Bonchev–Trinajstić information content (AvgIpc) is 2.59. The molecule has 0 radical (unpaired) electrons. The van der Waals surface area contributed by atoms with Crippen molar-refractivity contribution in [2.24, 2.45) is 23.2 Å². The first kappa shape index (κ1) is 16.6. The van der Waals surface area contributed by atoms with Crippen LogP contribution in [0.2, 0.25) is 0 Å². The fraction of sp³-hybridized carbons (Fsp3) is 0.619. The van der Waals surface area contributed by atoms with Gasteiger partial charge in [0.2, 0.25) is 11.8 Å². The van der Waals surface area contributed by atoms with E-state index in [9.17, 15) is 9.59 Å². The Balaban J connectivity index is 1.33. The molecule has 1 aromatic rings. The van der Waals surface area contributed by atoms with Crippen LogP contribution in [0.4, 0.5) is 0 Å². The Hall–Kier alpha value is -1.84. The van der Waals surface area contributed by atoms with E-state index in [4.69, 9.17) is 0 Å². The Morgan fingerprint density at radius 2 is 1.60 bits per heavy atom. The molecule has 0 spiro atoms. The van der Waals surface area contributed by atoms with Crippen molar-refractivity contribution in [3.05, 3.63) is 35.9 Å². The summed E-state index contributed by atoms with van der Waals surface area (Å²) in [5.74, 6) is 2.22. The highest BCUT2D eigenvalue weighted by Gasteiger charge is 2.54. The number of rotatable bonds is 5. The summed E-state index contributed by atoms with van der Waals surface area (Å²) >= 11 is 0. The van der Waals surface area contributed by atoms with E-state index in [1.54, 1.807) is 6.92 Å². The minimum atomic E-state index is -0.482. The number of hydrogen-bond acceptors (Lipinski definition) is 2. The predicted molar refractivity (Wildman–Crippen MR) is 96.5 cm³/mol. The molecule has 134 valence electrons. The van der Waals surface area contributed by atoms with Crippen LogP contribution in [0.25, 0.3) is 0 Å². The summed E-state index contributed by atoms with van der Waals surface area (Å²) < 4.78 is 0. The Morgan fingerprint density at radius 3 is 2.16 bits per heavy atom. The minimum absolute atomic E-state index is 0.109. The molecule has 5 rings (SSSR count). The average molecular weight is 340 g/mol. The van der Waals surface area contributed by atoms with Gasteiger partial charge in [-0.15, -0.1) is 0 Å². The van der Waals surface area contributed by atoms with Crippen molar-refractivity contribution in [2.45, 2.75) is 58.0 Å². The molecule has 1 atom stereocenters. The van der Waals surface area contributed by atoms with Crippen LogP contribution in [-0.4, -0.2) is 17.9 Å². The zero-order valence-electron chi connectivity index (χ0n) is 15.0. The summed E-state index contributed by atoms with van der Waals surface area (Å²) in [6.07, 6.45) is 7.05. The van der Waals surface area contributed by atoms with Crippen LogP contribution in [0, 0.1) is 23.2 Å². The SMILES string of the molecule is CC(NC(=O)C12CC3CC(CC(C3)C1)C2)C(=O)NCc1ccccc1. The lowest BCUT2D eigenvalue weighted by atomic mass is 9.49. The van der Waals surface area contributed by atoms with E-state index in [0.29, 0.717) is 6.54 Å². The van der Waals surface area contributed by atoms with Crippen LogP contribution in [-0.2, 0) is 16.1 Å². The second kappa shape index (κ2) is 6.47. The fourth-order valence-electron chi connectivity index (χ4n) is 5.74. The first-order valence-electron chi connectivity index (χ1n) is 9.67. The zero-order chi connectivity index (χ0) is 17.4. The second-order valence-electron chi connectivity index (χ2n) is 8.60. The summed E-state index contributed by atoms with van der Waals surface area (Å²) in [5.41, 5.74) is 0.873. The Labute approximate surface area is 149 Å². The van der Waals surface area contributed by atoms with Crippen molar-refractivity contribution in [3.8, 4) is 0 Å². The van der Waals surface area contributed by atoms with E-state index in [2.05, 4.69) is 10.6 Å². The normalized spacial score (nSPS) is 33.7. The molecule has 4 aliphatic carbocycles. The zero-order valence-corrected chi connectivity index (χ0v) is 15.0. The number of carbonyl (C=O) groups is 2. The lowest BCUT2D eigenvalue weighted by Crippen LogP contribution is -2.56. The lowest BCUT2D eigenvalue weighted by Gasteiger charge is -2.55. The van der Waals surface area contributed by atoms with E-state index in [-0.39, 0.29) is 17.2 Å². The summed E-state index contributed by atoms with van der Waals surface area (Å²) in [6.45, 7) is 2.29. The molecule has 25 heavy (non-hydrogen) atoms. The lowest BCUT2D eigenvalue weighted by molar-refractivity contribution is -0.148. The van der Waals surface area contributed by atoms with E-state index >= 15 is 0 Å². The molecule has 0 heterocycles. The van der Waals surface area contributed by atoms with Crippen molar-refractivity contribution >= 4 is 11.8 Å². The maximum atomic E-state index is 13.0. The topological polar surface area (TPSA) is 58.2 Å². The molecule has 4 nitrogen and oxygen atoms in total. The van der Waals surface area contributed by atoms with Gasteiger partial charge < -0.3 is 10.6 Å². The van der Waals surface area contributed by atoms with Gasteiger partial charge in [-0.05, 0) is 68.8 Å². The maximum absolute atomic E-state index is 13.0. The Kier molecular flexibility index (Phi) is 4.30. The van der Waals surface area contributed by atoms with Crippen LogP contribution < -0.4 is 10.6 Å². The molecular formula is C21H28N2O2. The summed E-state index contributed by atoms with van der Waals surface area (Å²) in [6, 6.07) is 9.36. The molecule has 2 N–H and O–H groups in total. The number of nitrogens with one attached hydrogen (secondary N) is 2. The molecule has 1 aromatic carbocycles. The highest BCUT2D eigenvalue weighted by molar-refractivity contribution is 5.90. The van der Waals surface area contributed by atoms with Gasteiger partial charge in [0.05, 0.1) is 0 Å². The number of benzene rings is 1. The molecule has 2 amide bonds. The van der Waals surface area contributed by atoms with Crippen LogP contribution in [0.3, 0.4) is 0 Å². The molecule has 4 heteroatoms. The van der Waals surface area contributed by atoms with Gasteiger partial charge in [0.25, 0.3) is 0 Å². The fourth-order valence-corrected chi connectivity index (χ4v) is 5.74. The largest absolute Gasteiger partial charge is 0.350 e. The van der Waals surface area contributed by atoms with Gasteiger partial charge in [-0.1, -0.05) is 30.3 Å². The second-order valence-corrected chi connectivity index (χ2v) is 8.60. The standard InChI is InChI=1S/C21H28N2O2/c1-14(19(24)22-13-15-5-3-2-4-6-15)23-20(25)21-10-16-7-17(11-21)9-18(8-16)12-21/h2-6,14,16-18H,7-13H2,1H3,(H,22,24)(H,23,25). The summed E-state index contributed by atoms with van der Waals surface area (Å²) in [5, 5.41) is 5.95. The van der Waals surface area contributed by atoms with Gasteiger partial charge in [0, 0.05) is 12.0 Å². The van der Waals surface area contributed by atoms with Crippen molar-refractivity contribution in [3.63, 3.8) is 0 Å². The quantitative estimate of drug-likeness (QED) is 0.866. The van der Waals surface area contributed by atoms with Gasteiger partial charge in [-0.25, -0.2) is 0 Å². The third kappa shape index (κ3) is 3.31. The van der Waals surface area contributed by atoms with Crippen molar-refractivity contribution in [1.82, 2.24) is 10.6 Å². The number of amides is 2. The molecule has 1 unspecified atom stereocenters. The van der Waals surface area contributed by atoms with Gasteiger partial charge in [-0.2, -0.15) is 0 Å². The van der Waals surface area contributed by atoms with Gasteiger partial charge >= 0.3 is 0 Å². The van der Waals surface area contributed by atoms with E-state index in [1.165, 1.54) is 19.3 Å². The van der Waals surface area contributed by atoms with Crippen molar-refractivity contribution < 1.29 is 9.59 Å². The smallest absolute Gasteiger partial charge is 0.242 e. The predicted octanol–water partition coefficient (Wildman–Crippen LogP) is 3.02. The molecule has 0 aromatic heterocycles. The molecule has 0 aliphatic heterocycles. The van der Waals surface area contributed by atoms with Crippen molar-refractivity contribution in [1.29, 1.82) is 0 Å². The third-order valence-corrected chi connectivity index (χ3v) is 6.57. The van der Waals surface area contributed by atoms with E-state index in [0.717, 1.165) is 42.6 Å². The third-order valence-electron chi connectivity index (χ3n) is 6.57. The monoisotopic (exact) mass is 340 g/mol. The highest BCUT2D eigenvalue weighted by atomic mass is 16.2. The summed E-state index contributed by atoms with van der Waals surface area (Å²) in [7, 11) is 0. The van der Waals surface area contributed by atoms with Gasteiger partial charge in [0.1, 0.15) is 6.04 Å². The van der Waals surface area contributed by atoms with Gasteiger partial charge in [-0.3, -0.25) is 9.59 Å². The minimum Gasteiger partial charge on any atom is -0.350 e. The van der Waals surface area contributed by atoms with Crippen LogP contribution in [0.5, 0.6) is 0 Å². The molecular weight excluding hydrogens is 312 g/mol. The van der Waals surface area contributed by atoms with E-state index in [1.807, 2.05) is 30.3 Å². The molecule has 4 saturated carbocycles. The Bertz CT molecular complexity index is 620. The highest BCUT2D eigenvalue weighted by Crippen LogP contribution is 2.60. The number of carbonyl (C=O) groups excluding carboxylic acids is 2. The van der Waals surface area contributed by atoms with E-state index < -0.39 is 6.04 Å². The van der Waals surface area contributed by atoms with Crippen LogP contribution >= 0.6 is 0 Å². The van der Waals surface area contributed by atoms with Gasteiger partial charge in [0.15, 0.2) is 0 Å². The first-order valence-corrected chi connectivity index (χ1v) is 9.67. The van der Waals surface area contributed by atoms with Crippen molar-refractivity contribution in [2.75, 3.05) is 0 Å². The molecule has 4 fully saturated rings. The molecule has 0 saturated heterocycles. The summed E-state index contributed by atoms with van der Waals surface area (Å²) in [4.78, 5) is 25.3. The molecule has 4 aliphatic rings. The van der Waals surface area contributed by atoms with Crippen LogP contribution in [0.1, 0.15) is 51.0 Å². The number of hydrogen-bond donors (Lipinski definition) is 2.